The van der Waals surface area contributed by atoms with E-state index in [1.54, 1.807) is 13.8 Å². The standard InChI is InChI=1S/C26H26N4O3S/c1-14(2)32-26(31)23-21(13-34-25-19(11-27)16(4)15(3)17(5)30-25)33-24(29)20(12-28)22(23)18-9-7-6-8-10-18/h6-10,14,22H,13,29H2,1-5H3/t22-/m1/s1. The molecule has 0 fully saturated rings. The number of hydrogen-bond donors (Lipinski definition) is 1. The topological polar surface area (TPSA) is 122 Å². The molecule has 0 radical (unpaired) electrons. The largest absolute Gasteiger partial charge is 0.459 e. The van der Waals surface area contributed by atoms with Crippen molar-refractivity contribution in [3.63, 3.8) is 0 Å². The number of rotatable bonds is 6. The van der Waals surface area contributed by atoms with E-state index >= 15 is 0 Å². The summed E-state index contributed by atoms with van der Waals surface area (Å²) in [5.74, 6) is -0.911. The first-order valence-electron chi connectivity index (χ1n) is 10.8. The van der Waals surface area contributed by atoms with E-state index in [2.05, 4.69) is 17.1 Å². The molecule has 174 valence electrons. The third-order valence-electron chi connectivity index (χ3n) is 5.61. The maximum atomic E-state index is 13.2. The highest BCUT2D eigenvalue weighted by Gasteiger charge is 2.38. The summed E-state index contributed by atoms with van der Waals surface area (Å²) in [4.78, 5) is 17.8. The monoisotopic (exact) mass is 474 g/mol. The Labute approximate surface area is 203 Å². The predicted octanol–water partition coefficient (Wildman–Crippen LogP) is 4.68. The van der Waals surface area contributed by atoms with E-state index < -0.39 is 11.9 Å². The van der Waals surface area contributed by atoms with Crippen LogP contribution in [0.25, 0.3) is 0 Å². The number of ether oxygens (including phenoxy) is 2. The first-order chi connectivity index (χ1) is 16.2. The molecule has 0 spiro atoms. The van der Waals surface area contributed by atoms with Crippen LogP contribution in [-0.4, -0.2) is 22.8 Å². The van der Waals surface area contributed by atoms with Gasteiger partial charge in [0.15, 0.2) is 0 Å². The summed E-state index contributed by atoms with van der Waals surface area (Å²) in [6, 6.07) is 13.5. The number of hydrogen-bond acceptors (Lipinski definition) is 8. The molecule has 0 bridgehead atoms. The van der Waals surface area contributed by atoms with Gasteiger partial charge in [0.2, 0.25) is 5.88 Å². The number of esters is 1. The van der Waals surface area contributed by atoms with Gasteiger partial charge in [-0.25, -0.2) is 9.78 Å². The number of thioether (sulfide) groups is 1. The van der Waals surface area contributed by atoms with Crippen LogP contribution in [0.1, 0.15) is 47.7 Å². The molecule has 1 atom stereocenters. The fourth-order valence-electron chi connectivity index (χ4n) is 3.69. The van der Waals surface area contributed by atoms with Crippen molar-refractivity contribution < 1.29 is 14.3 Å². The molecule has 8 heteroatoms. The van der Waals surface area contributed by atoms with Crippen molar-refractivity contribution in [2.75, 3.05) is 5.75 Å². The lowest BCUT2D eigenvalue weighted by Gasteiger charge is -2.28. The zero-order chi connectivity index (χ0) is 25.0. The maximum absolute atomic E-state index is 13.2. The van der Waals surface area contributed by atoms with Gasteiger partial charge in [0.25, 0.3) is 0 Å². The molecule has 0 saturated carbocycles. The van der Waals surface area contributed by atoms with E-state index in [9.17, 15) is 15.3 Å². The quantitative estimate of drug-likeness (QED) is 0.473. The van der Waals surface area contributed by atoms with E-state index in [1.807, 2.05) is 51.1 Å². The Morgan fingerprint density at radius 3 is 2.44 bits per heavy atom. The molecule has 1 aromatic carbocycles. The number of nitrogens with zero attached hydrogens (tertiary/aromatic N) is 3. The summed E-state index contributed by atoms with van der Waals surface area (Å²) < 4.78 is 11.3. The van der Waals surface area contributed by atoms with Crippen LogP contribution in [0.3, 0.4) is 0 Å². The van der Waals surface area contributed by atoms with Gasteiger partial charge >= 0.3 is 5.97 Å². The maximum Gasteiger partial charge on any atom is 0.338 e. The van der Waals surface area contributed by atoms with E-state index in [0.717, 1.165) is 22.4 Å². The highest BCUT2D eigenvalue weighted by molar-refractivity contribution is 7.99. The normalized spacial score (nSPS) is 15.6. The summed E-state index contributed by atoms with van der Waals surface area (Å²) in [5, 5.41) is 20.1. The third kappa shape index (κ3) is 4.93. The highest BCUT2D eigenvalue weighted by Crippen LogP contribution is 2.41. The van der Waals surface area contributed by atoms with Crippen LogP contribution in [0.5, 0.6) is 0 Å². The van der Waals surface area contributed by atoms with Crippen molar-refractivity contribution in [1.82, 2.24) is 4.98 Å². The van der Waals surface area contributed by atoms with E-state index in [4.69, 9.17) is 15.2 Å². The van der Waals surface area contributed by atoms with Crippen molar-refractivity contribution in [1.29, 1.82) is 10.5 Å². The Morgan fingerprint density at radius 1 is 1.18 bits per heavy atom. The molecule has 0 amide bonds. The lowest BCUT2D eigenvalue weighted by molar-refractivity contribution is -0.143. The fourth-order valence-corrected chi connectivity index (χ4v) is 4.71. The van der Waals surface area contributed by atoms with Gasteiger partial charge in [0, 0.05) is 5.69 Å². The summed E-state index contributed by atoms with van der Waals surface area (Å²) in [5.41, 5.74) is 10.4. The van der Waals surface area contributed by atoms with Crippen molar-refractivity contribution in [2.45, 2.75) is 51.7 Å². The van der Waals surface area contributed by atoms with Gasteiger partial charge in [0.05, 0.1) is 28.9 Å². The number of nitrogens with two attached hydrogens (primary N) is 1. The second kappa shape index (κ2) is 10.5. The second-order valence-electron chi connectivity index (χ2n) is 8.15. The Bertz CT molecular complexity index is 1270. The minimum Gasteiger partial charge on any atom is -0.459 e. The summed E-state index contributed by atoms with van der Waals surface area (Å²) in [6.45, 7) is 9.22. The minimum absolute atomic E-state index is 0.0576. The highest BCUT2D eigenvalue weighted by atomic mass is 32.2. The predicted molar refractivity (Wildman–Crippen MR) is 129 cm³/mol. The van der Waals surface area contributed by atoms with Gasteiger partial charge in [-0.1, -0.05) is 42.1 Å². The number of carbonyl (C=O) groups is 1. The van der Waals surface area contributed by atoms with Gasteiger partial charge in [0.1, 0.15) is 28.5 Å². The number of nitriles is 2. The van der Waals surface area contributed by atoms with Crippen molar-refractivity contribution >= 4 is 17.7 Å². The Hall–Kier alpha value is -3.75. The average Bonchev–Trinajstić information content (AvgIpc) is 2.80. The number of pyridine rings is 1. The number of carbonyl (C=O) groups excluding carboxylic acids is 1. The zero-order valence-electron chi connectivity index (χ0n) is 19.8. The lowest BCUT2D eigenvalue weighted by atomic mass is 9.83. The van der Waals surface area contributed by atoms with E-state index in [0.29, 0.717) is 10.6 Å². The molecule has 0 saturated heterocycles. The number of aromatic nitrogens is 1. The molecule has 2 aromatic rings. The van der Waals surface area contributed by atoms with Crippen LogP contribution >= 0.6 is 11.8 Å². The summed E-state index contributed by atoms with van der Waals surface area (Å²) in [7, 11) is 0. The van der Waals surface area contributed by atoms with Gasteiger partial charge in [-0.3, -0.25) is 0 Å². The Balaban J connectivity index is 2.12. The molecule has 1 aliphatic rings. The SMILES string of the molecule is Cc1nc(SCC2=C(C(=O)OC(C)C)[C@H](c3ccccc3)C(C#N)=C(N)O2)c(C#N)c(C)c1C. The van der Waals surface area contributed by atoms with Gasteiger partial charge < -0.3 is 15.2 Å². The first-order valence-corrected chi connectivity index (χ1v) is 11.7. The summed E-state index contributed by atoms with van der Waals surface area (Å²) in [6.07, 6.45) is -0.367. The molecule has 0 unspecified atom stereocenters. The van der Waals surface area contributed by atoms with Crippen LogP contribution in [0.2, 0.25) is 0 Å². The smallest absolute Gasteiger partial charge is 0.338 e. The molecule has 2 N–H and O–H groups in total. The molecule has 34 heavy (non-hydrogen) atoms. The molecule has 3 rings (SSSR count). The van der Waals surface area contributed by atoms with Crippen LogP contribution in [0, 0.1) is 43.4 Å². The van der Waals surface area contributed by atoms with Crippen LogP contribution < -0.4 is 5.73 Å². The van der Waals surface area contributed by atoms with Gasteiger partial charge in [-0.2, -0.15) is 10.5 Å². The molecule has 2 heterocycles. The van der Waals surface area contributed by atoms with Crippen LogP contribution in [-0.2, 0) is 14.3 Å². The third-order valence-corrected chi connectivity index (χ3v) is 6.58. The zero-order valence-corrected chi connectivity index (χ0v) is 20.6. The van der Waals surface area contributed by atoms with Crippen LogP contribution in [0.15, 0.2) is 58.1 Å². The van der Waals surface area contributed by atoms with Crippen molar-refractivity contribution in [3.05, 3.63) is 81.1 Å². The van der Waals surface area contributed by atoms with Gasteiger partial charge in [-0.05, 0) is 51.3 Å². The lowest BCUT2D eigenvalue weighted by Crippen LogP contribution is -2.28. The summed E-state index contributed by atoms with van der Waals surface area (Å²) >= 11 is 1.28. The molecular formula is C26H26N4O3S. The minimum atomic E-state index is -0.730. The van der Waals surface area contributed by atoms with Gasteiger partial charge in [-0.15, -0.1) is 0 Å². The molecular weight excluding hydrogens is 448 g/mol. The fraction of sp³-hybridized carbons (Fsp3) is 0.308. The van der Waals surface area contributed by atoms with E-state index in [1.165, 1.54) is 11.8 Å². The van der Waals surface area contributed by atoms with Crippen molar-refractivity contribution in [3.8, 4) is 12.1 Å². The second-order valence-corrected chi connectivity index (χ2v) is 9.12. The number of aryl methyl sites for hydroxylation is 1. The molecule has 1 aliphatic heterocycles. The molecule has 1 aromatic heterocycles. The number of benzene rings is 1. The van der Waals surface area contributed by atoms with E-state index in [-0.39, 0.29) is 34.6 Å². The molecule has 0 aliphatic carbocycles. The number of allylic oxidation sites excluding steroid dienone is 1. The van der Waals surface area contributed by atoms with Crippen molar-refractivity contribution in [2.24, 2.45) is 5.73 Å². The van der Waals surface area contributed by atoms with Crippen LogP contribution in [0.4, 0.5) is 0 Å². The average molecular weight is 475 g/mol. The Morgan fingerprint density at radius 2 is 1.85 bits per heavy atom. The Kier molecular flexibility index (Phi) is 7.65. The first kappa shape index (κ1) is 24.9. The molecule has 7 nitrogen and oxygen atoms in total.